The molecule has 2 heterocycles. The standard InChI is InChI=1S/C18H21FN6O2/c1-4-27-18(26)15-9-21-25(14-7-5-13(19)6-8-14)16(15)10-20-11(2)17-22-12(3)23-24-17/h5-9,11,20H,4,10H2,1-3H3,(H,22,23,24). The second-order valence-electron chi connectivity index (χ2n) is 6.00. The first-order valence-corrected chi connectivity index (χ1v) is 8.61. The highest BCUT2D eigenvalue weighted by Gasteiger charge is 2.21. The smallest absolute Gasteiger partial charge is 0.341 e. The van der Waals surface area contributed by atoms with Gasteiger partial charge in [-0.25, -0.2) is 18.9 Å². The van der Waals surface area contributed by atoms with Crippen molar-refractivity contribution < 1.29 is 13.9 Å². The van der Waals surface area contributed by atoms with Gasteiger partial charge in [0.1, 0.15) is 17.2 Å². The number of halogens is 1. The van der Waals surface area contributed by atoms with Gasteiger partial charge in [0, 0.05) is 6.54 Å². The molecule has 0 spiro atoms. The maximum absolute atomic E-state index is 13.2. The Morgan fingerprint density at radius 1 is 1.37 bits per heavy atom. The summed E-state index contributed by atoms with van der Waals surface area (Å²) >= 11 is 0. The summed E-state index contributed by atoms with van der Waals surface area (Å²) in [6.45, 7) is 6.07. The number of H-pyrrole nitrogens is 1. The molecule has 2 aromatic heterocycles. The molecule has 0 aliphatic carbocycles. The Labute approximate surface area is 155 Å². The Kier molecular flexibility index (Phi) is 5.60. The lowest BCUT2D eigenvalue weighted by Crippen LogP contribution is -2.23. The van der Waals surface area contributed by atoms with Crippen molar-refractivity contribution in [3.63, 3.8) is 0 Å². The van der Waals surface area contributed by atoms with E-state index >= 15 is 0 Å². The number of nitrogens with one attached hydrogen (secondary N) is 2. The number of aromatic amines is 1. The summed E-state index contributed by atoms with van der Waals surface area (Å²) in [4.78, 5) is 16.6. The quantitative estimate of drug-likeness (QED) is 0.618. The van der Waals surface area contributed by atoms with Crippen molar-refractivity contribution in [2.24, 2.45) is 0 Å². The number of ether oxygens (including phenoxy) is 1. The van der Waals surface area contributed by atoms with Crippen LogP contribution in [0.5, 0.6) is 0 Å². The molecule has 0 fully saturated rings. The number of nitrogens with zero attached hydrogens (tertiary/aromatic N) is 4. The highest BCUT2D eigenvalue weighted by atomic mass is 19.1. The average Bonchev–Trinajstić information content (AvgIpc) is 3.27. The summed E-state index contributed by atoms with van der Waals surface area (Å²) in [6, 6.07) is 5.74. The van der Waals surface area contributed by atoms with Gasteiger partial charge < -0.3 is 10.1 Å². The van der Waals surface area contributed by atoms with Crippen LogP contribution in [0.25, 0.3) is 5.69 Å². The van der Waals surface area contributed by atoms with E-state index in [1.165, 1.54) is 18.3 Å². The minimum atomic E-state index is -0.455. The maximum atomic E-state index is 13.2. The Balaban J connectivity index is 1.88. The van der Waals surface area contributed by atoms with E-state index in [1.807, 2.05) is 13.8 Å². The van der Waals surface area contributed by atoms with Crippen LogP contribution in [0.4, 0.5) is 4.39 Å². The Bertz CT molecular complexity index is 918. The molecule has 0 saturated heterocycles. The minimum Gasteiger partial charge on any atom is -0.462 e. The van der Waals surface area contributed by atoms with Gasteiger partial charge in [-0.15, -0.1) is 0 Å². The number of aryl methyl sites for hydroxylation is 1. The SMILES string of the molecule is CCOC(=O)c1cnn(-c2ccc(F)cc2)c1CNC(C)c1n[nH]c(C)n1. The van der Waals surface area contributed by atoms with E-state index in [1.54, 1.807) is 23.7 Å². The molecule has 8 nitrogen and oxygen atoms in total. The lowest BCUT2D eigenvalue weighted by molar-refractivity contribution is 0.0524. The normalized spacial score (nSPS) is 12.1. The van der Waals surface area contributed by atoms with Crippen molar-refractivity contribution in [2.45, 2.75) is 33.4 Å². The monoisotopic (exact) mass is 372 g/mol. The summed E-state index contributed by atoms with van der Waals surface area (Å²) in [7, 11) is 0. The zero-order valence-electron chi connectivity index (χ0n) is 15.4. The third-order valence-electron chi connectivity index (χ3n) is 4.01. The van der Waals surface area contributed by atoms with Gasteiger partial charge in [0.15, 0.2) is 5.82 Å². The van der Waals surface area contributed by atoms with Crippen LogP contribution in [0, 0.1) is 12.7 Å². The third-order valence-corrected chi connectivity index (χ3v) is 4.01. The fourth-order valence-corrected chi connectivity index (χ4v) is 2.62. The molecular weight excluding hydrogens is 351 g/mol. The van der Waals surface area contributed by atoms with Crippen molar-refractivity contribution >= 4 is 5.97 Å². The number of carbonyl (C=O) groups excluding carboxylic acids is 1. The van der Waals surface area contributed by atoms with Crippen LogP contribution in [0.1, 0.15) is 47.6 Å². The number of benzene rings is 1. The molecule has 0 aliphatic rings. The molecule has 2 N–H and O–H groups in total. The molecule has 1 unspecified atom stereocenters. The zero-order valence-corrected chi connectivity index (χ0v) is 15.4. The fourth-order valence-electron chi connectivity index (χ4n) is 2.62. The molecule has 0 radical (unpaired) electrons. The average molecular weight is 372 g/mol. The molecule has 9 heteroatoms. The van der Waals surface area contributed by atoms with Crippen molar-refractivity contribution in [1.82, 2.24) is 30.3 Å². The molecule has 3 rings (SSSR count). The topological polar surface area (TPSA) is 97.7 Å². The molecule has 0 aliphatic heterocycles. The van der Waals surface area contributed by atoms with Crippen LogP contribution in [-0.2, 0) is 11.3 Å². The van der Waals surface area contributed by atoms with E-state index in [4.69, 9.17) is 4.74 Å². The minimum absolute atomic E-state index is 0.151. The number of aromatic nitrogens is 5. The first-order chi connectivity index (χ1) is 13.0. The highest BCUT2D eigenvalue weighted by Crippen LogP contribution is 2.18. The van der Waals surface area contributed by atoms with Gasteiger partial charge in [0.2, 0.25) is 0 Å². The molecule has 142 valence electrons. The first kappa shape index (κ1) is 18.7. The molecule has 0 saturated carbocycles. The van der Waals surface area contributed by atoms with E-state index in [0.717, 1.165) is 5.82 Å². The van der Waals surface area contributed by atoms with Gasteiger partial charge in [-0.3, -0.25) is 5.10 Å². The predicted molar refractivity (Wildman–Crippen MR) is 95.9 cm³/mol. The summed E-state index contributed by atoms with van der Waals surface area (Å²) in [5.74, 6) is 0.550. The predicted octanol–water partition coefficient (Wildman–Crippen LogP) is 2.47. The first-order valence-electron chi connectivity index (χ1n) is 8.61. The van der Waals surface area contributed by atoms with Crippen LogP contribution in [0.3, 0.4) is 0 Å². The molecule has 0 amide bonds. The van der Waals surface area contributed by atoms with E-state index in [9.17, 15) is 9.18 Å². The van der Waals surface area contributed by atoms with E-state index in [-0.39, 0.29) is 18.5 Å². The largest absolute Gasteiger partial charge is 0.462 e. The summed E-state index contributed by atoms with van der Waals surface area (Å²) < 4.78 is 20.0. The number of rotatable bonds is 7. The van der Waals surface area contributed by atoms with E-state index < -0.39 is 5.97 Å². The molecular formula is C18H21FN6O2. The highest BCUT2D eigenvalue weighted by molar-refractivity contribution is 5.90. The van der Waals surface area contributed by atoms with Gasteiger partial charge in [0.25, 0.3) is 0 Å². The zero-order chi connectivity index (χ0) is 19.4. The number of esters is 1. The number of hydrogen-bond acceptors (Lipinski definition) is 6. The lowest BCUT2D eigenvalue weighted by atomic mass is 10.2. The molecule has 1 atom stereocenters. The third kappa shape index (κ3) is 4.20. The number of carbonyl (C=O) groups is 1. The van der Waals surface area contributed by atoms with E-state index in [2.05, 4.69) is 25.6 Å². The second-order valence-corrected chi connectivity index (χ2v) is 6.00. The van der Waals surface area contributed by atoms with Gasteiger partial charge >= 0.3 is 5.97 Å². The molecule has 1 aromatic carbocycles. The van der Waals surface area contributed by atoms with E-state index in [0.29, 0.717) is 29.3 Å². The Morgan fingerprint density at radius 3 is 2.74 bits per heavy atom. The van der Waals surface area contributed by atoms with Crippen molar-refractivity contribution in [3.8, 4) is 5.69 Å². The van der Waals surface area contributed by atoms with Gasteiger partial charge in [-0.2, -0.15) is 10.2 Å². The van der Waals surface area contributed by atoms with Gasteiger partial charge in [0.05, 0.1) is 30.2 Å². The van der Waals surface area contributed by atoms with Crippen LogP contribution >= 0.6 is 0 Å². The number of hydrogen-bond donors (Lipinski definition) is 2. The Morgan fingerprint density at radius 2 is 2.11 bits per heavy atom. The second kappa shape index (κ2) is 8.09. The lowest BCUT2D eigenvalue weighted by Gasteiger charge is -2.13. The fraction of sp³-hybridized carbons (Fsp3) is 0.333. The van der Waals surface area contributed by atoms with Gasteiger partial charge in [-0.05, 0) is 45.0 Å². The molecule has 0 bridgehead atoms. The summed E-state index contributed by atoms with van der Waals surface area (Å²) in [5.41, 5.74) is 1.61. The summed E-state index contributed by atoms with van der Waals surface area (Å²) in [6.07, 6.45) is 1.46. The molecule has 3 aromatic rings. The molecule has 27 heavy (non-hydrogen) atoms. The van der Waals surface area contributed by atoms with Gasteiger partial charge in [-0.1, -0.05) is 0 Å². The Hall–Kier alpha value is -3.07. The van der Waals surface area contributed by atoms with Crippen LogP contribution < -0.4 is 5.32 Å². The summed E-state index contributed by atoms with van der Waals surface area (Å²) in [5, 5.41) is 14.5. The van der Waals surface area contributed by atoms with Crippen molar-refractivity contribution in [3.05, 3.63) is 59.2 Å². The van der Waals surface area contributed by atoms with Crippen molar-refractivity contribution in [2.75, 3.05) is 6.61 Å². The van der Waals surface area contributed by atoms with Crippen LogP contribution in [0.2, 0.25) is 0 Å². The maximum Gasteiger partial charge on any atom is 0.341 e. The van der Waals surface area contributed by atoms with Crippen LogP contribution in [0.15, 0.2) is 30.5 Å². The van der Waals surface area contributed by atoms with Crippen LogP contribution in [-0.4, -0.2) is 37.5 Å². The van der Waals surface area contributed by atoms with Crippen molar-refractivity contribution in [1.29, 1.82) is 0 Å².